The number of hydrogen-bond acceptors (Lipinski definition) is 4. The third-order valence-corrected chi connectivity index (χ3v) is 6.00. The Morgan fingerprint density at radius 3 is 2.29 bits per heavy atom. The Morgan fingerprint density at radius 1 is 0.968 bits per heavy atom. The zero-order valence-electron chi connectivity index (χ0n) is 16.9. The van der Waals surface area contributed by atoms with E-state index in [0.717, 1.165) is 17.0 Å². The molecule has 0 saturated heterocycles. The summed E-state index contributed by atoms with van der Waals surface area (Å²) >= 11 is 1.34. The highest BCUT2D eigenvalue weighted by molar-refractivity contribution is 8.00. The van der Waals surface area contributed by atoms with Gasteiger partial charge in [-0.1, -0.05) is 72.4 Å². The maximum absolute atomic E-state index is 13.2. The first-order chi connectivity index (χ1) is 15.1. The SMILES string of the molecule is Cc1nnc(S[C@H](C(=O)Nc2ccc(F)cc2)c2ccccc2)n1Cc1ccccc1. The van der Waals surface area contributed by atoms with Crippen molar-refractivity contribution in [3.05, 3.63) is 108 Å². The van der Waals surface area contributed by atoms with Crippen molar-refractivity contribution in [3.63, 3.8) is 0 Å². The molecule has 0 aliphatic heterocycles. The van der Waals surface area contributed by atoms with E-state index in [9.17, 15) is 9.18 Å². The fourth-order valence-corrected chi connectivity index (χ4v) is 4.23. The average molecular weight is 433 g/mol. The lowest BCUT2D eigenvalue weighted by Crippen LogP contribution is -2.19. The first kappa shape index (κ1) is 20.8. The van der Waals surface area contributed by atoms with Gasteiger partial charge in [-0.05, 0) is 42.3 Å². The molecule has 0 spiro atoms. The summed E-state index contributed by atoms with van der Waals surface area (Å²) in [5.74, 6) is 0.211. The Morgan fingerprint density at radius 2 is 1.61 bits per heavy atom. The topological polar surface area (TPSA) is 59.8 Å². The fraction of sp³-hybridized carbons (Fsp3) is 0.125. The van der Waals surface area contributed by atoms with Crippen molar-refractivity contribution in [2.24, 2.45) is 0 Å². The number of carbonyl (C=O) groups is 1. The second-order valence-electron chi connectivity index (χ2n) is 7.01. The molecule has 1 aromatic heterocycles. The lowest BCUT2D eigenvalue weighted by molar-refractivity contribution is -0.115. The van der Waals surface area contributed by atoms with Gasteiger partial charge in [0.15, 0.2) is 5.16 Å². The zero-order valence-corrected chi connectivity index (χ0v) is 17.7. The van der Waals surface area contributed by atoms with Crippen LogP contribution in [0.15, 0.2) is 90.1 Å². The molecule has 0 saturated carbocycles. The fourth-order valence-electron chi connectivity index (χ4n) is 3.14. The van der Waals surface area contributed by atoms with E-state index in [-0.39, 0.29) is 11.7 Å². The number of hydrogen-bond donors (Lipinski definition) is 1. The van der Waals surface area contributed by atoms with Gasteiger partial charge in [-0.2, -0.15) is 0 Å². The van der Waals surface area contributed by atoms with E-state index in [2.05, 4.69) is 15.5 Å². The molecule has 1 atom stereocenters. The summed E-state index contributed by atoms with van der Waals surface area (Å²) in [7, 11) is 0. The lowest BCUT2D eigenvalue weighted by atomic mass is 10.1. The van der Waals surface area contributed by atoms with Crippen molar-refractivity contribution >= 4 is 23.4 Å². The van der Waals surface area contributed by atoms with E-state index >= 15 is 0 Å². The van der Waals surface area contributed by atoms with Crippen LogP contribution in [0.3, 0.4) is 0 Å². The third kappa shape index (κ3) is 5.19. The highest BCUT2D eigenvalue weighted by Crippen LogP contribution is 2.36. The minimum atomic E-state index is -0.552. The Labute approximate surface area is 184 Å². The number of nitrogens with one attached hydrogen (secondary N) is 1. The van der Waals surface area contributed by atoms with Crippen molar-refractivity contribution in [2.45, 2.75) is 23.9 Å². The van der Waals surface area contributed by atoms with Crippen molar-refractivity contribution in [1.82, 2.24) is 14.8 Å². The molecule has 0 unspecified atom stereocenters. The van der Waals surface area contributed by atoms with Crippen LogP contribution in [0.25, 0.3) is 0 Å². The summed E-state index contributed by atoms with van der Waals surface area (Å²) in [6.07, 6.45) is 0. The molecule has 0 aliphatic rings. The molecule has 4 rings (SSSR count). The molecule has 1 amide bonds. The van der Waals surface area contributed by atoms with Crippen LogP contribution in [0, 0.1) is 12.7 Å². The summed E-state index contributed by atoms with van der Waals surface area (Å²) in [6, 6.07) is 25.3. The Bertz CT molecular complexity index is 1150. The van der Waals surface area contributed by atoms with E-state index in [1.807, 2.05) is 72.2 Å². The molecule has 7 heteroatoms. The van der Waals surface area contributed by atoms with E-state index < -0.39 is 5.25 Å². The molecule has 0 bridgehead atoms. The van der Waals surface area contributed by atoms with Gasteiger partial charge in [0.25, 0.3) is 0 Å². The molecule has 0 fully saturated rings. The first-order valence-corrected chi connectivity index (χ1v) is 10.7. The van der Waals surface area contributed by atoms with Crippen molar-refractivity contribution in [2.75, 3.05) is 5.32 Å². The molecule has 5 nitrogen and oxygen atoms in total. The quantitative estimate of drug-likeness (QED) is 0.406. The number of nitrogens with zero attached hydrogens (tertiary/aromatic N) is 3. The maximum Gasteiger partial charge on any atom is 0.242 e. The lowest BCUT2D eigenvalue weighted by Gasteiger charge is -2.17. The monoisotopic (exact) mass is 432 g/mol. The van der Waals surface area contributed by atoms with Crippen LogP contribution in [0.1, 0.15) is 22.2 Å². The number of rotatable bonds is 7. The van der Waals surface area contributed by atoms with Gasteiger partial charge in [0.2, 0.25) is 5.91 Å². The molecule has 31 heavy (non-hydrogen) atoms. The normalized spacial score (nSPS) is 11.8. The van der Waals surface area contributed by atoms with Crippen LogP contribution in [0.5, 0.6) is 0 Å². The Hall–Kier alpha value is -3.45. The average Bonchev–Trinajstić information content (AvgIpc) is 3.14. The highest BCUT2D eigenvalue weighted by atomic mass is 32.2. The molecule has 4 aromatic rings. The summed E-state index contributed by atoms with van der Waals surface area (Å²) in [5.41, 5.74) is 2.51. The van der Waals surface area contributed by atoms with Crippen molar-refractivity contribution in [1.29, 1.82) is 0 Å². The minimum absolute atomic E-state index is 0.213. The second kappa shape index (κ2) is 9.57. The molecular weight excluding hydrogens is 411 g/mol. The van der Waals surface area contributed by atoms with Crippen LogP contribution in [0.2, 0.25) is 0 Å². The second-order valence-corrected chi connectivity index (χ2v) is 8.08. The predicted molar refractivity (Wildman–Crippen MR) is 120 cm³/mol. The van der Waals surface area contributed by atoms with Gasteiger partial charge < -0.3 is 9.88 Å². The zero-order chi connectivity index (χ0) is 21.6. The van der Waals surface area contributed by atoms with Crippen LogP contribution in [-0.4, -0.2) is 20.7 Å². The Balaban J connectivity index is 1.61. The van der Waals surface area contributed by atoms with Gasteiger partial charge in [-0.3, -0.25) is 4.79 Å². The van der Waals surface area contributed by atoms with E-state index in [1.54, 1.807) is 12.1 Å². The third-order valence-electron chi connectivity index (χ3n) is 4.76. The number of anilines is 1. The number of aryl methyl sites for hydroxylation is 1. The number of halogens is 1. The number of thioether (sulfide) groups is 1. The smallest absolute Gasteiger partial charge is 0.242 e. The van der Waals surface area contributed by atoms with E-state index in [4.69, 9.17) is 0 Å². The molecule has 1 N–H and O–H groups in total. The minimum Gasteiger partial charge on any atom is -0.325 e. The van der Waals surface area contributed by atoms with Gasteiger partial charge >= 0.3 is 0 Å². The summed E-state index contributed by atoms with van der Waals surface area (Å²) in [4.78, 5) is 13.2. The summed E-state index contributed by atoms with van der Waals surface area (Å²) in [6.45, 7) is 2.51. The van der Waals surface area contributed by atoms with Crippen LogP contribution >= 0.6 is 11.8 Å². The standard InChI is InChI=1S/C24H21FN4OS/c1-17-27-28-24(29(17)16-18-8-4-2-5-9-18)31-22(19-10-6-3-7-11-19)23(30)26-21-14-12-20(25)13-15-21/h2-15,22H,16H2,1H3,(H,26,30)/t22-/m0/s1. The van der Waals surface area contributed by atoms with Gasteiger partial charge in [-0.25, -0.2) is 4.39 Å². The molecule has 1 heterocycles. The van der Waals surface area contributed by atoms with E-state index in [0.29, 0.717) is 17.4 Å². The van der Waals surface area contributed by atoms with Crippen LogP contribution in [-0.2, 0) is 11.3 Å². The largest absolute Gasteiger partial charge is 0.325 e. The van der Waals surface area contributed by atoms with Crippen LogP contribution in [0.4, 0.5) is 10.1 Å². The molecular formula is C24H21FN4OS. The summed E-state index contributed by atoms with van der Waals surface area (Å²) < 4.78 is 15.2. The van der Waals surface area contributed by atoms with Gasteiger partial charge in [0.05, 0.1) is 6.54 Å². The molecule has 0 aliphatic carbocycles. The highest BCUT2D eigenvalue weighted by Gasteiger charge is 2.25. The van der Waals surface area contributed by atoms with Crippen molar-refractivity contribution in [3.8, 4) is 0 Å². The molecule has 156 valence electrons. The van der Waals surface area contributed by atoms with E-state index in [1.165, 1.54) is 23.9 Å². The Kier molecular flexibility index (Phi) is 6.43. The van der Waals surface area contributed by atoms with Crippen LogP contribution < -0.4 is 5.32 Å². The number of benzene rings is 3. The van der Waals surface area contributed by atoms with Gasteiger partial charge in [0.1, 0.15) is 16.9 Å². The maximum atomic E-state index is 13.2. The van der Waals surface area contributed by atoms with Gasteiger partial charge in [0, 0.05) is 5.69 Å². The number of amides is 1. The van der Waals surface area contributed by atoms with Crippen molar-refractivity contribution < 1.29 is 9.18 Å². The number of aromatic nitrogens is 3. The molecule has 0 radical (unpaired) electrons. The molecule has 3 aromatic carbocycles. The first-order valence-electron chi connectivity index (χ1n) is 9.82. The summed E-state index contributed by atoms with van der Waals surface area (Å²) in [5, 5.41) is 11.5. The number of carbonyl (C=O) groups excluding carboxylic acids is 1. The van der Waals surface area contributed by atoms with Gasteiger partial charge in [-0.15, -0.1) is 10.2 Å². The predicted octanol–water partition coefficient (Wildman–Crippen LogP) is 5.25.